The molecule has 2 aromatic rings. The topological polar surface area (TPSA) is 93.5 Å². The lowest BCUT2D eigenvalue weighted by molar-refractivity contribution is -0.384. The highest BCUT2D eigenvalue weighted by Gasteiger charge is 2.11. The number of nitrogens with zero attached hydrogens (tertiary/aromatic N) is 1. The van der Waals surface area contributed by atoms with Gasteiger partial charge in [-0.2, -0.15) is 0 Å². The van der Waals surface area contributed by atoms with E-state index < -0.39 is 4.92 Å². The van der Waals surface area contributed by atoms with Crippen LogP contribution in [-0.4, -0.2) is 23.1 Å². The Labute approximate surface area is 143 Å². The lowest BCUT2D eigenvalue weighted by atomic mass is 10.2. The van der Waals surface area contributed by atoms with Gasteiger partial charge < -0.3 is 10.1 Å². The molecule has 0 fully saturated rings. The van der Waals surface area contributed by atoms with Crippen molar-refractivity contribution in [1.29, 1.82) is 0 Å². The number of nitro benzene ring substituents is 1. The number of ether oxygens (including phenoxy) is 1. The Balaban J connectivity index is 2.02. The third-order valence-electron chi connectivity index (χ3n) is 3.25. The highest BCUT2D eigenvalue weighted by atomic mass is 32.1. The number of nitro groups is 1. The van der Waals surface area contributed by atoms with E-state index in [1.165, 1.54) is 12.1 Å². The summed E-state index contributed by atoms with van der Waals surface area (Å²) in [5, 5.41) is 16.2. The normalized spacial score (nSPS) is 9.92. The molecule has 0 unspecified atom stereocenters. The maximum atomic E-state index is 12.1. The molecule has 24 heavy (non-hydrogen) atoms. The number of nitrogens with one attached hydrogen (secondary N) is 2. The number of hydrogen-bond acceptors (Lipinski definition) is 5. The van der Waals surface area contributed by atoms with Crippen LogP contribution in [0, 0.1) is 17.0 Å². The predicted molar refractivity (Wildman–Crippen MR) is 94.5 cm³/mol. The molecule has 0 aliphatic heterocycles. The molecule has 8 heteroatoms. The first-order valence-electron chi connectivity index (χ1n) is 6.92. The molecule has 0 aromatic heterocycles. The van der Waals surface area contributed by atoms with Gasteiger partial charge in [0.25, 0.3) is 11.6 Å². The first-order chi connectivity index (χ1) is 11.4. The number of aryl methyl sites for hydroxylation is 1. The molecule has 2 N–H and O–H groups in total. The highest BCUT2D eigenvalue weighted by Crippen LogP contribution is 2.21. The summed E-state index contributed by atoms with van der Waals surface area (Å²) >= 11 is 5.10. The quantitative estimate of drug-likeness (QED) is 0.502. The van der Waals surface area contributed by atoms with Crippen LogP contribution in [0.2, 0.25) is 0 Å². The van der Waals surface area contributed by atoms with Gasteiger partial charge >= 0.3 is 0 Å². The number of carbonyl (C=O) groups is 1. The van der Waals surface area contributed by atoms with E-state index in [0.717, 1.165) is 0 Å². The lowest BCUT2D eigenvalue weighted by Gasteiger charge is -2.11. The SMILES string of the molecule is COc1ccc(C(=O)NC(=S)Nc2ccc([N+](=O)[O-])cc2C)cc1. The van der Waals surface area contributed by atoms with E-state index >= 15 is 0 Å². The smallest absolute Gasteiger partial charge is 0.269 e. The number of methoxy groups -OCH3 is 1. The average Bonchev–Trinajstić information content (AvgIpc) is 2.56. The van der Waals surface area contributed by atoms with Crippen LogP contribution in [0.25, 0.3) is 0 Å². The van der Waals surface area contributed by atoms with Crippen LogP contribution in [0.15, 0.2) is 42.5 Å². The molecule has 0 spiro atoms. The van der Waals surface area contributed by atoms with Crippen molar-refractivity contribution in [2.45, 2.75) is 6.92 Å². The molecule has 0 heterocycles. The highest BCUT2D eigenvalue weighted by molar-refractivity contribution is 7.80. The van der Waals surface area contributed by atoms with Crippen molar-refractivity contribution in [2.24, 2.45) is 0 Å². The maximum absolute atomic E-state index is 12.1. The van der Waals surface area contributed by atoms with Gasteiger partial charge in [0.05, 0.1) is 12.0 Å². The fraction of sp³-hybridized carbons (Fsp3) is 0.125. The van der Waals surface area contributed by atoms with Gasteiger partial charge in [-0.1, -0.05) is 0 Å². The summed E-state index contributed by atoms with van der Waals surface area (Å²) in [7, 11) is 1.54. The van der Waals surface area contributed by atoms with Crippen LogP contribution >= 0.6 is 12.2 Å². The van der Waals surface area contributed by atoms with Crippen LogP contribution < -0.4 is 15.4 Å². The van der Waals surface area contributed by atoms with E-state index in [1.807, 2.05) is 0 Å². The van der Waals surface area contributed by atoms with Gasteiger partial charge in [-0.05, 0) is 55.0 Å². The molecule has 0 saturated heterocycles. The molecular formula is C16H15N3O4S. The Bertz CT molecular complexity index is 790. The average molecular weight is 345 g/mol. The predicted octanol–water partition coefficient (Wildman–Crippen LogP) is 3.04. The molecule has 0 radical (unpaired) electrons. The summed E-state index contributed by atoms with van der Waals surface area (Å²) in [4.78, 5) is 22.4. The number of thiocarbonyl (C=S) groups is 1. The molecule has 0 atom stereocenters. The second-order valence-electron chi connectivity index (χ2n) is 4.89. The van der Waals surface area contributed by atoms with E-state index in [1.54, 1.807) is 44.4 Å². The summed E-state index contributed by atoms with van der Waals surface area (Å²) in [6.45, 7) is 1.71. The van der Waals surface area contributed by atoms with Gasteiger partial charge in [0.1, 0.15) is 5.75 Å². The molecular weight excluding hydrogens is 330 g/mol. The fourth-order valence-corrected chi connectivity index (χ4v) is 2.18. The Morgan fingerprint density at radius 1 is 1.21 bits per heavy atom. The van der Waals surface area contributed by atoms with Gasteiger partial charge in [-0.3, -0.25) is 20.2 Å². The summed E-state index contributed by atoms with van der Waals surface area (Å²) in [6, 6.07) is 10.9. The summed E-state index contributed by atoms with van der Waals surface area (Å²) in [6.07, 6.45) is 0. The van der Waals surface area contributed by atoms with Crippen LogP contribution in [0.1, 0.15) is 15.9 Å². The van der Waals surface area contributed by atoms with E-state index in [9.17, 15) is 14.9 Å². The molecule has 124 valence electrons. The van der Waals surface area contributed by atoms with Crippen molar-refractivity contribution in [2.75, 3.05) is 12.4 Å². The van der Waals surface area contributed by atoms with Crippen LogP contribution in [0.3, 0.4) is 0 Å². The van der Waals surface area contributed by atoms with Crippen molar-refractivity contribution < 1.29 is 14.5 Å². The van der Waals surface area contributed by atoms with Crippen LogP contribution in [0.5, 0.6) is 5.75 Å². The second-order valence-corrected chi connectivity index (χ2v) is 5.30. The third kappa shape index (κ3) is 4.26. The third-order valence-corrected chi connectivity index (χ3v) is 3.45. The van der Waals surface area contributed by atoms with Crippen molar-refractivity contribution in [3.05, 3.63) is 63.7 Å². The number of non-ortho nitro benzene ring substituents is 1. The maximum Gasteiger partial charge on any atom is 0.269 e. The molecule has 0 bridgehead atoms. The Hall–Kier alpha value is -3.00. The molecule has 2 aromatic carbocycles. The van der Waals surface area contributed by atoms with E-state index in [0.29, 0.717) is 22.6 Å². The van der Waals surface area contributed by atoms with Gasteiger partial charge in [0.2, 0.25) is 0 Å². The zero-order valence-electron chi connectivity index (χ0n) is 13.0. The molecule has 0 aliphatic carbocycles. The minimum absolute atomic E-state index is 0.00811. The monoisotopic (exact) mass is 345 g/mol. The molecule has 0 aliphatic rings. The molecule has 0 saturated carbocycles. The van der Waals surface area contributed by atoms with Crippen molar-refractivity contribution in [1.82, 2.24) is 5.32 Å². The first kappa shape index (κ1) is 17.4. The number of anilines is 1. The number of rotatable bonds is 4. The second kappa shape index (κ2) is 7.51. The summed E-state index contributed by atoms with van der Waals surface area (Å²) in [5.74, 6) is 0.281. The molecule has 1 amide bonds. The summed E-state index contributed by atoms with van der Waals surface area (Å²) < 4.78 is 5.03. The van der Waals surface area contributed by atoms with Gasteiger partial charge in [-0.15, -0.1) is 0 Å². The number of benzene rings is 2. The standard InChI is InChI=1S/C16H15N3O4S/c1-10-9-12(19(21)22)5-8-14(10)17-16(24)18-15(20)11-3-6-13(23-2)7-4-11/h3-9H,1-2H3,(H2,17,18,20,24). The lowest BCUT2D eigenvalue weighted by Crippen LogP contribution is -2.34. The Morgan fingerprint density at radius 2 is 1.88 bits per heavy atom. The zero-order chi connectivity index (χ0) is 17.7. The Morgan fingerprint density at radius 3 is 2.42 bits per heavy atom. The first-order valence-corrected chi connectivity index (χ1v) is 7.33. The number of carbonyl (C=O) groups excluding carboxylic acids is 1. The molecule has 7 nitrogen and oxygen atoms in total. The Kier molecular flexibility index (Phi) is 5.43. The van der Waals surface area contributed by atoms with E-state index in [-0.39, 0.29) is 16.7 Å². The van der Waals surface area contributed by atoms with Crippen LogP contribution in [-0.2, 0) is 0 Å². The van der Waals surface area contributed by atoms with Crippen LogP contribution in [0.4, 0.5) is 11.4 Å². The minimum Gasteiger partial charge on any atom is -0.497 e. The van der Waals surface area contributed by atoms with Gasteiger partial charge in [0, 0.05) is 23.4 Å². The minimum atomic E-state index is -0.472. The molecule has 2 rings (SSSR count). The van der Waals surface area contributed by atoms with Crippen molar-refractivity contribution in [3.63, 3.8) is 0 Å². The summed E-state index contributed by atoms with van der Waals surface area (Å²) in [5.41, 5.74) is 1.65. The van der Waals surface area contributed by atoms with Crippen molar-refractivity contribution in [3.8, 4) is 5.75 Å². The van der Waals surface area contributed by atoms with Gasteiger partial charge in [0.15, 0.2) is 5.11 Å². The van der Waals surface area contributed by atoms with Gasteiger partial charge in [-0.25, -0.2) is 0 Å². The zero-order valence-corrected chi connectivity index (χ0v) is 13.8. The number of amides is 1. The van der Waals surface area contributed by atoms with E-state index in [2.05, 4.69) is 10.6 Å². The van der Waals surface area contributed by atoms with Crippen molar-refractivity contribution >= 4 is 34.6 Å². The fourth-order valence-electron chi connectivity index (χ4n) is 1.97. The van der Waals surface area contributed by atoms with E-state index in [4.69, 9.17) is 17.0 Å². The number of hydrogen-bond donors (Lipinski definition) is 2. The largest absolute Gasteiger partial charge is 0.497 e.